The van der Waals surface area contributed by atoms with Crippen molar-refractivity contribution in [2.24, 2.45) is 5.73 Å². The first-order valence-electron chi connectivity index (χ1n) is 5.50. The highest BCUT2D eigenvalue weighted by Crippen LogP contribution is 2.14. The lowest BCUT2D eigenvalue weighted by atomic mass is 10.3. The van der Waals surface area contributed by atoms with Crippen molar-refractivity contribution < 1.29 is 9.53 Å². The number of imidazole rings is 1. The molecule has 2 rings (SSSR count). The Bertz CT molecular complexity index is 631. The number of H-pyrrole nitrogens is 1. The zero-order chi connectivity index (χ0) is 13.1. The maximum atomic E-state index is 10.5. The lowest BCUT2D eigenvalue weighted by Crippen LogP contribution is -2.19. The number of pyridine rings is 1. The lowest BCUT2D eigenvalue weighted by molar-refractivity contribution is -0.122. The summed E-state index contributed by atoms with van der Waals surface area (Å²) in [5, 5.41) is 0. The Morgan fingerprint density at radius 2 is 2.44 bits per heavy atom. The Morgan fingerprint density at radius 1 is 1.67 bits per heavy atom. The highest BCUT2D eigenvalue weighted by atomic mass is 32.1. The minimum absolute atomic E-state index is 0.0812. The minimum atomic E-state index is -0.480. The molecule has 0 aliphatic rings. The van der Waals surface area contributed by atoms with Gasteiger partial charge in [0.1, 0.15) is 6.61 Å². The van der Waals surface area contributed by atoms with Crippen molar-refractivity contribution in [3.63, 3.8) is 0 Å². The SMILES string of the molecule is Cc1ccnc2c1[nH]c(=S)n2CCOCC(N)=O. The molecule has 0 aromatic carbocycles. The van der Waals surface area contributed by atoms with Gasteiger partial charge in [0, 0.05) is 6.20 Å². The monoisotopic (exact) mass is 266 g/mol. The number of rotatable bonds is 5. The van der Waals surface area contributed by atoms with E-state index >= 15 is 0 Å². The number of nitrogens with two attached hydrogens (primary N) is 1. The van der Waals surface area contributed by atoms with E-state index in [0.717, 1.165) is 16.7 Å². The number of fused-ring (bicyclic) bond motifs is 1. The number of carbonyl (C=O) groups excluding carboxylic acids is 1. The maximum Gasteiger partial charge on any atom is 0.243 e. The van der Waals surface area contributed by atoms with Crippen LogP contribution in [0.2, 0.25) is 0 Å². The first-order valence-corrected chi connectivity index (χ1v) is 5.90. The van der Waals surface area contributed by atoms with Crippen LogP contribution in [0.4, 0.5) is 0 Å². The smallest absolute Gasteiger partial charge is 0.243 e. The summed E-state index contributed by atoms with van der Waals surface area (Å²) in [7, 11) is 0. The zero-order valence-electron chi connectivity index (χ0n) is 9.97. The van der Waals surface area contributed by atoms with Gasteiger partial charge >= 0.3 is 0 Å². The molecule has 0 spiro atoms. The number of amides is 1. The summed E-state index contributed by atoms with van der Waals surface area (Å²) in [6.45, 7) is 2.80. The molecule has 0 aliphatic carbocycles. The van der Waals surface area contributed by atoms with E-state index in [0.29, 0.717) is 17.9 Å². The molecule has 2 aromatic rings. The molecule has 18 heavy (non-hydrogen) atoms. The lowest BCUT2D eigenvalue weighted by Gasteiger charge is -2.04. The van der Waals surface area contributed by atoms with E-state index in [4.69, 9.17) is 22.7 Å². The predicted octanol–water partition coefficient (Wildman–Crippen LogP) is 0.904. The van der Waals surface area contributed by atoms with E-state index in [-0.39, 0.29) is 6.61 Å². The quantitative estimate of drug-likeness (QED) is 0.622. The molecule has 96 valence electrons. The van der Waals surface area contributed by atoms with Gasteiger partial charge in [-0.15, -0.1) is 0 Å². The van der Waals surface area contributed by atoms with Gasteiger partial charge in [0.15, 0.2) is 10.4 Å². The van der Waals surface area contributed by atoms with Crippen LogP contribution in [-0.4, -0.2) is 33.7 Å². The van der Waals surface area contributed by atoms with Crippen LogP contribution in [0.5, 0.6) is 0 Å². The molecule has 6 nitrogen and oxygen atoms in total. The van der Waals surface area contributed by atoms with Gasteiger partial charge < -0.3 is 15.5 Å². The van der Waals surface area contributed by atoms with Gasteiger partial charge in [0.05, 0.1) is 18.7 Å². The van der Waals surface area contributed by atoms with Crippen LogP contribution in [0.25, 0.3) is 11.2 Å². The second-order valence-electron chi connectivity index (χ2n) is 3.93. The number of nitrogens with zero attached hydrogens (tertiary/aromatic N) is 2. The second-order valence-corrected chi connectivity index (χ2v) is 4.31. The molecule has 2 heterocycles. The molecule has 0 saturated heterocycles. The van der Waals surface area contributed by atoms with Crippen LogP contribution in [0.15, 0.2) is 12.3 Å². The average molecular weight is 266 g/mol. The molecule has 0 unspecified atom stereocenters. The average Bonchev–Trinajstić information content (AvgIpc) is 2.63. The molecule has 0 aliphatic heterocycles. The number of aryl methyl sites for hydroxylation is 1. The topological polar surface area (TPSA) is 85.9 Å². The Labute approximate surface area is 109 Å². The van der Waals surface area contributed by atoms with Crippen molar-refractivity contribution in [2.45, 2.75) is 13.5 Å². The Balaban J connectivity index is 2.18. The van der Waals surface area contributed by atoms with Crippen molar-refractivity contribution in [3.8, 4) is 0 Å². The van der Waals surface area contributed by atoms with E-state index in [1.165, 1.54) is 0 Å². The van der Waals surface area contributed by atoms with E-state index in [1.807, 2.05) is 17.6 Å². The number of hydrogen-bond acceptors (Lipinski definition) is 4. The summed E-state index contributed by atoms with van der Waals surface area (Å²) in [6, 6.07) is 1.92. The summed E-state index contributed by atoms with van der Waals surface area (Å²) in [6.07, 6.45) is 1.74. The molecule has 3 N–H and O–H groups in total. The van der Waals surface area contributed by atoms with Crippen molar-refractivity contribution >= 4 is 29.3 Å². The van der Waals surface area contributed by atoms with Crippen molar-refractivity contribution in [3.05, 3.63) is 22.6 Å². The third kappa shape index (κ3) is 2.57. The Hall–Kier alpha value is -1.73. The fourth-order valence-electron chi connectivity index (χ4n) is 1.71. The van der Waals surface area contributed by atoms with Gasteiger partial charge in [-0.1, -0.05) is 0 Å². The van der Waals surface area contributed by atoms with Crippen LogP contribution in [0.1, 0.15) is 5.56 Å². The van der Waals surface area contributed by atoms with E-state index in [9.17, 15) is 4.79 Å². The minimum Gasteiger partial charge on any atom is -0.370 e. The number of ether oxygens (including phenoxy) is 1. The van der Waals surface area contributed by atoms with Crippen molar-refractivity contribution in [1.82, 2.24) is 14.5 Å². The Kier molecular flexibility index (Phi) is 3.73. The number of aromatic nitrogens is 3. The van der Waals surface area contributed by atoms with Crippen LogP contribution in [0.3, 0.4) is 0 Å². The zero-order valence-corrected chi connectivity index (χ0v) is 10.8. The standard InChI is InChI=1S/C11H14N4O2S/c1-7-2-3-13-10-9(7)14-11(18)15(10)4-5-17-6-8(12)16/h2-3H,4-6H2,1H3,(H2,12,16)(H,14,18). The first-order chi connectivity index (χ1) is 8.59. The van der Waals surface area contributed by atoms with Gasteiger partial charge in [0.25, 0.3) is 0 Å². The third-order valence-corrected chi connectivity index (χ3v) is 2.90. The van der Waals surface area contributed by atoms with Crippen LogP contribution in [-0.2, 0) is 16.1 Å². The van der Waals surface area contributed by atoms with E-state index < -0.39 is 5.91 Å². The fourth-order valence-corrected chi connectivity index (χ4v) is 1.99. The molecular weight excluding hydrogens is 252 g/mol. The van der Waals surface area contributed by atoms with Crippen LogP contribution >= 0.6 is 12.2 Å². The highest BCUT2D eigenvalue weighted by Gasteiger charge is 2.07. The van der Waals surface area contributed by atoms with Gasteiger partial charge in [0.2, 0.25) is 5.91 Å². The normalized spacial score (nSPS) is 10.9. The molecule has 0 saturated carbocycles. The van der Waals surface area contributed by atoms with Gasteiger partial charge in [-0.25, -0.2) is 4.98 Å². The summed E-state index contributed by atoms with van der Waals surface area (Å²) < 4.78 is 7.56. The predicted molar refractivity (Wildman–Crippen MR) is 69.7 cm³/mol. The van der Waals surface area contributed by atoms with Crippen LogP contribution < -0.4 is 5.73 Å². The molecule has 0 fully saturated rings. The summed E-state index contributed by atoms with van der Waals surface area (Å²) in [4.78, 5) is 17.9. The fraction of sp³-hybridized carbons (Fsp3) is 0.364. The Morgan fingerprint density at radius 3 is 3.17 bits per heavy atom. The summed E-state index contributed by atoms with van der Waals surface area (Å²) >= 11 is 5.23. The molecule has 2 aromatic heterocycles. The number of carbonyl (C=O) groups is 1. The largest absolute Gasteiger partial charge is 0.370 e. The van der Waals surface area contributed by atoms with Crippen LogP contribution in [0, 0.1) is 11.7 Å². The third-order valence-electron chi connectivity index (χ3n) is 2.58. The van der Waals surface area contributed by atoms with Gasteiger partial charge in [-0.05, 0) is 30.8 Å². The van der Waals surface area contributed by atoms with Gasteiger partial charge in [-0.3, -0.25) is 9.36 Å². The van der Waals surface area contributed by atoms with Crippen molar-refractivity contribution in [2.75, 3.05) is 13.2 Å². The highest BCUT2D eigenvalue weighted by molar-refractivity contribution is 7.71. The molecule has 7 heteroatoms. The maximum absolute atomic E-state index is 10.5. The second kappa shape index (κ2) is 5.28. The number of primary amides is 1. The van der Waals surface area contributed by atoms with Crippen molar-refractivity contribution in [1.29, 1.82) is 0 Å². The number of aromatic amines is 1. The number of nitrogens with one attached hydrogen (secondary N) is 1. The number of hydrogen-bond donors (Lipinski definition) is 2. The molecule has 0 radical (unpaired) electrons. The molecule has 0 bridgehead atoms. The van der Waals surface area contributed by atoms with E-state index in [1.54, 1.807) is 6.20 Å². The van der Waals surface area contributed by atoms with Gasteiger partial charge in [-0.2, -0.15) is 0 Å². The molecule has 1 amide bonds. The first kappa shape index (κ1) is 12.7. The summed E-state index contributed by atoms with van der Waals surface area (Å²) in [5.41, 5.74) is 7.79. The summed E-state index contributed by atoms with van der Waals surface area (Å²) in [5.74, 6) is -0.480. The molecular formula is C11H14N4O2S. The van der Waals surface area contributed by atoms with E-state index in [2.05, 4.69) is 9.97 Å². The molecule has 0 atom stereocenters.